The van der Waals surface area contributed by atoms with Gasteiger partial charge in [0.1, 0.15) is 0 Å². The van der Waals surface area contributed by atoms with Gasteiger partial charge in [-0.1, -0.05) is 0 Å². The van der Waals surface area contributed by atoms with Gasteiger partial charge >= 0.3 is 166 Å². The van der Waals surface area contributed by atoms with E-state index >= 15 is 0 Å². The molecular weight excluding hydrogens is 468 g/mol. The van der Waals surface area contributed by atoms with Crippen LogP contribution in [0.3, 0.4) is 0 Å². The van der Waals surface area contributed by atoms with Crippen LogP contribution >= 0.6 is 0 Å². The minimum atomic E-state index is -2.36. The summed E-state index contributed by atoms with van der Waals surface area (Å²) in [5.74, 6) is 7.71. The van der Waals surface area contributed by atoms with Gasteiger partial charge in [-0.05, 0) is 0 Å². The second-order valence-electron chi connectivity index (χ2n) is 8.88. The van der Waals surface area contributed by atoms with Gasteiger partial charge in [-0.25, -0.2) is 0 Å². The van der Waals surface area contributed by atoms with Crippen molar-refractivity contribution in [3.05, 3.63) is 40.8 Å². The molecule has 1 rings (SSSR count). The summed E-state index contributed by atoms with van der Waals surface area (Å²) in [5, 5.41) is 0. The molecular formula is C23H42GeSn. The first kappa shape index (κ1) is 23.3. The molecule has 0 spiro atoms. The maximum atomic E-state index is 2.87. The van der Waals surface area contributed by atoms with Crippen LogP contribution in [0.25, 0.3) is 3.59 Å². The van der Waals surface area contributed by atoms with E-state index in [1.165, 1.54) is 38.5 Å². The molecule has 0 radical (unpaired) electrons. The van der Waals surface area contributed by atoms with Crippen LogP contribution in [0.15, 0.2) is 35.2 Å². The van der Waals surface area contributed by atoms with Gasteiger partial charge in [0.2, 0.25) is 0 Å². The molecule has 0 nitrogen and oxygen atoms in total. The van der Waals surface area contributed by atoms with Crippen molar-refractivity contribution in [1.82, 2.24) is 0 Å². The van der Waals surface area contributed by atoms with Crippen LogP contribution in [0.2, 0.25) is 30.6 Å². The number of hydrogen-bond donors (Lipinski definition) is 0. The fourth-order valence-corrected chi connectivity index (χ4v) is 33.2. The standard InChI is InChI=1S/C11H15Ge.3C4H9.Sn/c1-12(2,3)10-9-11-7-5-4-6-8-11;3*1-3-4-2;/h4-8,10H,1-3H3;3*1,3-4H2,2H3;. The zero-order valence-electron chi connectivity index (χ0n) is 17.8. The van der Waals surface area contributed by atoms with Gasteiger partial charge in [-0.3, -0.25) is 0 Å². The Morgan fingerprint density at radius 3 is 1.60 bits per heavy atom. The summed E-state index contributed by atoms with van der Waals surface area (Å²) in [5.41, 5.74) is 1.59. The molecule has 25 heavy (non-hydrogen) atoms. The molecule has 142 valence electrons. The van der Waals surface area contributed by atoms with Crippen LogP contribution in [-0.4, -0.2) is 31.6 Å². The van der Waals surface area contributed by atoms with Crippen molar-refractivity contribution in [2.45, 2.75) is 89.9 Å². The van der Waals surface area contributed by atoms with E-state index in [9.17, 15) is 0 Å². The van der Waals surface area contributed by atoms with E-state index in [0.717, 1.165) is 0 Å². The van der Waals surface area contributed by atoms with Crippen LogP contribution in [0.5, 0.6) is 0 Å². The van der Waals surface area contributed by atoms with Crippen molar-refractivity contribution in [1.29, 1.82) is 0 Å². The van der Waals surface area contributed by atoms with Gasteiger partial charge in [0.15, 0.2) is 0 Å². The summed E-state index contributed by atoms with van der Waals surface area (Å²) in [6.07, 6.45) is 8.42. The molecule has 0 saturated heterocycles. The molecule has 1 aromatic carbocycles. The molecule has 0 aliphatic carbocycles. The topological polar surface area (TPSA) is 0 Å². The first-order valence-electron chi connectivity index (χ1n) is 10.7. The Bertz CT molecular complexity index is 477. The normalized spacial score (nSPS) is 13.3. The molecule has 0 saturated carbocycles. The van der Waals surface area contributed by atoms with Crippen LogP contribution in [-0.2, 0) is 0 Å². The predicted molar refractivity (Wildman–Crippen MR) is 123 cm³/mol. The molecule has 0 aromatic heterocycles. The van der Waals surface area contributed by atoms with Crippen LogP contribution < -0.4 is 0 Å². The minimum absolute atomic E-state index is 1.36. The molecule has 0 heterocycles. The molecule has 0 aliphatic heterocycles. The summed E-state index contributed by atoms with van der Waals surface area (Å²) < 4.78 is 6.64. The first-order valence-corrected chi connectivity index (χ1v) is 25.7. The zero-order valence-corrected chi connectivity index (χ0v) is 22.8. The van der Waals surface area contributed by atoms with Gasteiger partial charge < -0.3 is 0 Å². The molecule has 1 aromatic rings. The van der Waals surface area contributed by atoms with E-state index in [1.54, 1.807) is 18.9 Å². The zero-order chi connectivity index (χ0) is 18.8. The Hall–Kier alpha value is 0.302. The average molecular weight is 510 g/mol. The fraction of sp³-hybridized carbons (Fsp3) is 0.652. The molecule has 2 heteroatoms. The van der Waals surface area contributed by atoms with Gasteiger partial charge in [-0.2, -0.15) is 0 Å². The Kier molecular flexibility index (Phi) is 11.1. The van der Waals surface area contributed by atoms with E-state index in [4.69, 9.17) is 0 Å². The summed E-state index contributed by atoms with van der Waals surface area (Å²) in [7, 11) is 0. The molecule has 0 N–H and O–H groups in total. The van der Waals surface area contributed by atoms with Crippen LogP contribution in [0.1, 0.15) is 64.9 Å². The summed E-state index contributed by atoms with van der Waals surface area (Å²) in [6.45, 7) is 7.14. The molecule has 0 fully saturated rings. The van der Waals surface area contributed by atoms with E-state index in [1.807, 2.05) is 3.59 Å². The second-order valence-corrected chi connectivity index (χ2v) is 32.5. The van der Waals surface area contributed by atoms with Crippen molar-refractivity contribution < 1.29 is 0 Å². The third kappa shape index (κ3) is 8.24. The molecule has 0 amide bonds. The van der Waals surface area contributed by atoms with Gasteiger partial charge in [0.25, 0.3) is 0 Å². The van der Waals surface area contributed by atoms with Crippen molar-refractivity contribution >= 4 is 35.2 Å². The monoisotopic (exact) mass is 512 g/mol. The van der Waals surface area contributed by atoms with Crippen molar-refractivity contribution in [2.24, 2.45) is 0 Å². The Balaban J connectivity index is 3.45. The van der Waals surface area contributed by atoms with E-state index in [2.05, 4.69) is 73.3 Å². The van der Waals surface area contributed by atoms with Crippen LogP contribution in [0, 0.1) is 0 Å². The van der Waals surface area contributed by atoms with Crippen molar-refractivity contribution in [2.75, 3.05) is 0 Å². The van der Waals surface area contributed by atoms with E-state index < -0.39 is 31.6 Å². The van der Waals surface area contributed by atoms with Gasteiger partial charge in [0, 0.05) is 0 Å². The Labute approximate surface area is 165 Å². The number of unbranched alkanes of at least 4 members (excludes halogenated alkanes) is 3. The number of benzene rings is 1. The summed E-state index contributed by atoms with van der Waals surface area (Å²) >= 11 is -4.13. The van der Waals surface area contributed by atoms with Crippen LogP contribution in [0.4, 0.5) is 0 Å². The summed E-state index contributed by atoms with van der Waals surface area (Å²) in [6, 6.07) is 11.5. The second kappa shape index (κ2) is 11.9. The molecule has 0 atom stereocenters. The van der Waals surface area contributed by atoms with E-state index in [0.29, 0.717) is 0 Å². The van der Waals surface area contributed by atoms with Crippen molar-refractivity contribution in [3.8, 4) is 0 Å². The molecule has 0 aliphatic rings. The number of hydrogen-bond acceptors (Lipinski definition) is 0. The third-order valence-corrected chi connectivity index (χ3v) is 25.1. The Morgan fingerprint density at radius 2 is 1.24 bits per heavy atom. The molecule has 0 bridgehead atoms. The molecule has 0 unspecified atom stereocenters. The van der Waals surface area contributed by atoms with Gasteiger partial charge in [-0.15, -0.1) is 0 Å². The first-order chi connectivity index (χ1) is 11.9. The number of rotatable bonds is 12. The third-order valence-electron chi connectivity index (χ3n) is 5.26. The van der Waals surface area contributed by atoms with Crippen molar-refractivity contribution in [3.63, 3.8) is 0 Å². The predicted octanol–water partition coefficient (Wildman–Crippen LogP) is 8.34. The fourth-order valence-electron chi connectivity index (χ4n) is 3.92. The van der Waals surface area contributed by atoms with E-state index in [-0.39, 0.29) is 0 Å². The van der Waals surface area contributed by atoms with Gasteiger partial charge in [0.05, 0.1) is 0 Å². The SMILES string of the molecule is CCC[CH2][Sn]([CH2]CCC)([CH2]CCC)/[C](=[CH]\[Ge]([CH3])([CH3])[CH3])c1ccccc1. The maximum absolute atomic E-state index is 2.87. The quantitative estimate of drug-likeness (QED) is 0.248. The average Bonchev–Trinajstić information content (AvgIpc) is 2.60. The Morgan fingerprint density at radius 1 is 0.800 bits per heavy atom. The summed E-state index contributed by atoms with van der Waals surface area (Å²) in [4.78, 5) is 2.87.